The number of hydrogen-bond acceptors (Lipinski definition) is 5. The Balaban J connectivity index is 3.02. The van der Waals surface area contributed by atoms with E-state index in [1.165, 1.54) is 26.5 Å². The lowest BCUT2D eigenvalue weighted by atomic mass is 10.2. The molecule has 5 nitrogen and oxygen atoms in total. The van der Waals surface area contributed by atoms with Gasteiger partial charge in [0.05, 0.1) is 20.8 Å². The topological polar surface area (TPSA) is 57.7 Å². The monoisotopic (exact) mass is 211 g/mol. The van der Waals surface area contributed by atoms with Gasteiger partial charge in [-0.2, -0.15) is 0 Å². The number of methoxy groups -OCH3 is 2. The highest BCUT2D eigenvalue weighted by atomic mass is 16.5. The van der Waals surface area contributed by atoms with E-state index in [9.17, 15) is 4.79 Å². The molecule has 1 rings (SSSR count). The van der Waals surface area contributed by atoms with E-state index < -0.39 is 5.97 Å². The molecule has 0 radical (unpaired) electrons. The number of pyridine rings is 1. The number of rotatable bonds is 4. The number of ether oxygens (including phenoxy) is 3. The fourth-order valence-electron chi connectivity index (χ4n) is 1.06. The van der Waals surface area contributed by atoms with Gasteiger partial charge in [0.1, 0.15) is 11.3 Å². The normalized spacial score (nSPS) is 9.53. The molecule has 0 aliphatic carbocycles. The minimum absolute atomic E-state index is 0.292. The van der Waals surface area contributed by atoms with Crippen molar-refractivity contribution in [2.75, 3.05) is 20.8 Å². The second kappa shape index (κ2) is 5.19. The van der Waals surface area contributed by atoms with Crippen LogP contribution in [0.2, 0.25) is 0 Å². The fraction of sp³-hybridized carbons (Fsp3) is 0.400. The highest BCUT2D eigenvalue weighted by Crippen LogP contribution is 2.22. The summed E-state index contributed by atoms with van der Waals surface area (Å²) in [6.45, 7) is 2.05. The van der Waals surface area contributed by atoms with E-state index in [4.69, 9.17) is 14.2 Å². The minimum atomic E-state index is -0.454. The lowest BCUT2D eigenvalue weighted by molar-refractivity contribution is 0.0522. The molecule has 0 amide bonds. The third-order valence-corrected chi connectivity index (χ3v) is 1.77. The number of carbonyl (C=O) groups is 1. The van der Waals surface area contributed by atoms with Crippen LogP contribution in [0.4, 0.5) is 0 Å². The van der Waals surface area contributed by atoms with Gasteiger partial charge in [0, 0.05) is 12.3 Å². The molecule has 0 aromatic carbocycles. The predicted octanol–water partition coefficient (Wildman–Crippen LogP) is 1.28. The predicted molar refractivity (Wildman–Crippen MR) is 53.3 cm³/mol. The van der Waals surface area contributed by atoms with Crippen LogP contribution in [0.1, 0.15) is 17.3 Å². The van der Waals surface area contributed by atoms with E-state index in [1.807, 2.05) is 0 Å². The Morgan fingerprint density at radius 2 is 2.13 bits per heavy atom. The highest BCUT2D eigenvalue weighted by molar-refractivity contribution is 5.92. The molecule has 1 aromatic rings. The second-order valence-corrected chi connectivity index (χ2v) is 2.65. The number of hydrogen-bond donors (Lipinski definition) is 0. The Labute approximate surface area is 88.0 Å². The molecule has 0 N–H and O–H groups in total. The van der Waals surface area contributed by atoms with Gasteiger partial charge in [-0.3, -0.25) is 0 Å². The first-order valence-corrected chi connectivity index (χ1v) is 4.48. The Bertz CT molecular complexity index is 351. The average molecular weight is 211 g/mol. The van der Waals surface area contributed by atoms with Crippen LogP contribution in [-0.2, 0) is 4.74 Å². The summed E-state index contributed by atoms with van der Waals surface area (Å²) < 4.78 is 14.8. The number of carbonyl (C=O) groups excluding carboxylic acids is 1. The molecule has 5 heteroatoms. The van der Waals surface area contributed by atoms with E-state index in [0.29, 0.717) is 23.8 Å². The van der Waals surface area contributed by atoms with Gasteiger partial charge < -0.3 is 14.2 Å². The fourth-order valence-corrected chi connectivity index (χ4v) is 1.06. The van der Waals surface area contributed by atoms with Gasteiger partial charge in [0.25, 0.3) is 0 Å². The zero-order valence-electron chi connectivity index (χ0n) is 8.94. The summed E-state index contributed by atoms with van der Waals surface area (Å²) in [5.74, 6) is 0.324. The lowest BCUT2D eigenvalue weighted by Crippen LogP contribution is -2.07. The van der Waals surface area contributed by atoms with E-state index >= 15 is 0 Å². The van der Waals surface area contributed by atoms with Crippen LogP contribution in [-0.4, -0.2) is 31.8 Å². The second-order valence-electron chi connectivity index (χ2n) is 2.65. The van der Waals surface area contributed by atoms with Crippen LogP contribution in [0, 0.1) is 0 Å². The van der Waals surface area contributed by atoms with E-state index in [-0.39, 0.29) is 0 Å². The van der Waals surface area contributed by atoms with E-state index in [1.54, 1.807) is 6.92 Å². The zero-order chi connectivity index (χ0) is 11.3. The van der Waals surface area contributed by atoms with E-state index in [0.717, 1.165) is 0 Å². The number of aromatic nitrogens is 1. The summed E-state index contributed by atoms with van der Waals surface area (Å²) in [5.41, 5.74) is 0.292. The van der Waals surface area contributed by atoms with Crippen molar-refractivity contribution in [3.63, 3.8) is 0 Å². The molecular weight excluding hydrogens is 198 g/mol. The lowest BCUT2D eigenvalue weighted by Gasteiger charge is -2.08. The van der Waals surface area contributed by atoms with Gasteiger partial charge in [-0.1, -0.05) is 0 Å². The molecule has 0 fully saturated rings. The summed E-state index contributed by atoms with van der Waals surface area (Å²) in [6.07, 6.45) is 1.37. The molecule has 0 saturated heterocycles. The first-order chi connectivity index (χ1) is 7.22. The molecular formula is C10H13NO4. The van der Waals surface area contributed by atoms with Crippen molar-refractivity contribution in [2.24, 2.45) is 0 Å². The molecule has 1 heterocycles. The maximum Gasteiger partial charge on any atom is 0.343 e. The number of esters is 1. The van der Waals surface area contributed by atoms with Gasteiger partial charge in [-0.15, -0.1) is 0 Å². The van der Waals surface area contributed by atoms with Gasteiger partial charge in [0.15, 0.2) is 0 Å². The van der Waals surface area contributed by atoms with Gasteiger partial charge in [0.2, 0.25) is 5.88 Å². The Morgan fingerprint density at radius 1 is 1.40 bits per heavy atom. The van der Waals surface area contributed by atoms with Gasteiger partial charge >= 0.3 is 5.97 Å². The Morgan fingerprint density at radius 3 is 2.67 bits per heavy atom. The maximum atomic E-state index is 11.4. The molecule has 0 saturated carbocycles. The highest BCUT2D eigenvalue weighted by Gasteiger charge is 2.14. The quantitative estimate of drug-likeness (QED) is 0.702. The standard InChI is InChI=1S/C10H13NO4/c1-4-15-10(12)7-6-11-9(14-3)5-8(7)13-2/h5-6H,4H2,1-3H3. The third kappa shape index (κ3) is 2.59. The molecule has 0 unspecified atom stereocenters. The summed E-state index contributed by atoms with van der Waals surface area (Å²) in [7, 11) is 2.96. The molecule has 0 spiro atoms. The van der Waals surface area contributed by atoms with Crippen molar-refractivity contribution in [3.8, 4) is 11.6 Å². The minimum Gasteiger partial charge on any atom is -0.496 e. The number of nitrogens with zero attached hydrogens (tertiary/aromatic N) is 1. The van der Waals surface area contributed by atoms with Crippen molar-refractivity contribution in [2.45, 2.75) is 6.92 Å². The third-order valence-electron chi connectivity index (χ3n) is 1.77. The summed E-state index contributed by atoms with van der Waals surface area (Å²) >= 11 is 0. The van der Waals surface area contributed by atoms with Crippen molar-refractivity contribution < 1.29 is 19.0 Å². The molecule has 0 aliphatic heterocycles. The zero-order valence-corrected chi connectivity index (χ0v) is 8.94. The first kappa shape index (κ1) is 11.3. The Kier molecular flexibility index (Phi) is 3.91. The largest absolute Gasteiger partial charge is 0.496 e. The molecule has 82 valence electrons. The van der Waals surface area contributed by atoms with Crippen LogP contribution in [0.5, 0.6) is 11.6 Å². The molecule has 0 bridgehead atoms. The smallest absolute Gasteiger partial charge is 0.343 e. The molecule has 1 aromatic heterocycles. The van der Waals surface area contributed by atoms with Gasteiger partial charge in [-0.05, 0) is 6.92 Å². The Hall–Kier alpha value is -1.78. The van der Waals surface area contributed by atoms with Crippen LogP contribution in [0.15, 0.2) is 12.3 Å². The SMILES string of the molecule is CCOC(=O)c1cnc(OC)cc1OC. The van der Waals surface area contributed by atoms with Crippen molar-refractivity contribution in [3.05, 3.63) is 17.8 Å². The first-order valence-electron chi connectivity index (χ1n) is 4.48. The maximum absolute atomic E-state index is 11.4. The van der Waals surface area contributed by atoms with Crippen molar-refractivity contribution in [1.29, 1.82) is 0 Å². The molecule has 0 atom stereocenters. The van der Waals surface area contributed by atoms with Gasteiger partial charge in [-0.25, -0.2) is 9.78 Å². The summed E-state index contributed by atoms with van der Waals surface area (Å²) in [5, 5.41) is 0. The summed E-state index contributed by atoms with van der Waals surface area (Å²) in [4.78, 5) is 15.3. The average Bonchev–Trinajstić information content (AvgIpc) is 2.28. The van der Waals surface area contributed by atoms with Crippen LogP contribution < -0.4 is 9.47 Å². The van der Waals surface area contributed by atoms with Crippen LogP contribution in [0.25, 0.3) is 0 Å². The van der Waals surface area contributed by atoms with Crippen molar-refractivity contribution >= 4 is 5.97 Å². The van der Waals surface area contributed by atoms with Crippen LogP contribution in [0.3, 0.4) is 0 Å². The van der Waals surface area contributed by atoms with Crippen LogP contribution >= 0.6 is 0 Å². The molecule has 0 aliphatic rings. The van der Waals surface area contributed by atoms with Crippen molar-refractivity contribution in [1.82, 2.24) is 4.98 Å². The molecule has 15 heavy (non-hydrogen) atoms. The van der Waals surface area contributed by atoms with E-state index in [2.05, 4.69) is 4.98 Å². The summed E-state index contributed by atoms with van der Waals surface area (Å²) in [6, 6.07) is 1.53.